The van der Waals surface area contributed by atoms with Gasteiger partial charge in [0.25, 0.3) is 0 Å². The second-order valence-electron chi connectivity index (χ2n) is 5.07. The molecule has 17 heavy (non-hydrogen) atoms. The van der Waals surface area contributed by atoms with Crippen LogP contribution < -0.4 is 5.32 Å². The minimum Gasteiger partial charge on any atom is -0.340 e. The fraction of sp³-hybridized carbons (Fsp3) is 0.846. The molecule has 1 rings (SSSR count). The van der Waals surface area contributed by atoms with E-state index in [-0.39, 0.29) is 23.9 Å². The van der Waals surface area contributed by atoms with Crippen LogP contribution in [0.3, 0.4) is 0 Å². The molecule has 0 spiro atoms. The van der Waals surface area contributed by atoms with E-state index in [2.05, 4.69) is 5.32 Å². The number of rotatable bonds is 4. The summed E-state index contributed by atoms with van der Waals surface area (Å²) < 4.78 is 0. The standard InChI is InChI=1S/C13H24N2O2/c1-6-9(4)15-10(7-2)11(16)14-13(5,8-3)12(15)17/h9-10H,6-8H2,1-5H3,(H,14,16). The van der Waals surface area contributed by atoms with E-state index in [0.29, 0.717) is 12.8 Å². The highest BCUT2D eigenvalue weighted by Gasteiger charge is 2.47. The molecule has 1 fully saturated rings. The van der Waals surface area contributed by atoms with Crippen LogP contribution in [0.5, 0.6) is 0 Å². The van der Waals surface area contributed by atoms with Crippen molar-refractivity contribution in [1.29, 1.82) is 0 Å². The second kappa shape index (κ2) is 5.07. The number of carbonyl (C=O) groups is 2. The van der Waals surface area contributed by atoms with Gasteiger partial charge in [0.1, 0.15) is 11.6 Å². The van der Waals surface area contributed by atoms with Crippen molar-refractivity contribution in [1.82, 2.24) is 10.2 Å². The fourth-order valence-corrected chi connectivity index (χ4v) is 2.29. The van der Waals surface area contributed by atoms with Gasteiger partial charge in [-0.1, -0.05) is 20.8 Å². The molecule has 0 saturated carbocycles. The van der Waals surface area contributed by atoms with Crippen LogP contribution in [0.1, 0.15) is 53.9 Å². The summed E-state index contributed by atoms with van der Waals surface area (Å²) in [6.45, 7) is 9.74. The van der Waals surface area contributed by atoms with E-state index in [1.165, 1.54) is 0 Å². The molecule has 1 N–H and O–H groups in total. The lowest BCUT2D eigenvalue weighted by Crippen LogP contribution is -2.70. The van der Waals surface area contributed by atoms with Crippen molar-refractivity contribution in [3.05, 3.63) is 0 Å². The van der Waals surface area contributed by atoms with Crippen molar-refractivity contribution in [2.75, 3.05) is 0 Å². The predicted molar refractivity (Wildman–Crippen MR) is 67.5 cm³/mol. The highest BCUT2D eigenvalue weighted by atomic mass is 16.2. The van der Waals surface area contributed by atoms with E-state index < -0.39 is 5.54 Å². The van der Waals surface area contributed by atoms with Crippen LogP contribution in [0, 0.1) is 0 Å². The molecule has 1 aliphatic rings. The van der Waals surface area contributed by atoms with Gasteiger partial charge in [-0.15, -0.1) is 0 Å². The second-order valence-corrected chi connectivity index (χ2v) is 5.07. The van der Waals surface area contributed by atoms with E-state index in [9.17, 15) is 9.59 Å². The third-order valence-electron chi connectivity index (χ3n) is 3.90. The number of piperazine rings is 1. The summed E-state index contributed by atoms with van der Waals surface area (Å²) in [4.78, 5) is 26.4. The van der Waals surface area contributed by atoms with E-state index in [0.717, 1.165) is 6.42 Å². The summed E-state index contributed by atoms with van der Waals surface area (Å²) >= 11 is 0. The van der Waals surface area contributed by atoms with Crippen LogP contribution in [-0.2, 0) is 9.59 Å². The van der Waals surface area contributed by atoms with Gasteiger partial charge in [0, 0.05) is 6.04 Å². The predicted octanol–water partition coefficient (Wildman–Crippen LogP) is 1.69. The molecular weight excluding hydrogens is 216 g/mol. The number of hydrogen-bond acceptors (Lipinski definition) is 2. The number of hydrogen-bond donors (Lipinski definition) is 1. The van der Waals surface area contributed by atoms with Crippen molar-refractivity contribution in [2.45, 2.75) is 71.5 Å². The molecule has 0 aromatic heterocycles. The van der Waals surface area contributed by atoms with Gasteiger partial charge in [-0.25, -0.2) is 0 Å². The molecule has 0 bridgehead atoms. The van der Waals surface area contributed by atoms with Gasteiger partial charge in [-0.3, -0.25) is 9.59 Å². The lowest BCUT2D eigenvalue weighted by Gasteiger charge is -2.46. The zero-order chi connectivity index (χ0) is 13.2. The zero-order valence-electron chi connectivity index (χ0n) is 11.5. The zero-order valence-corrected chi connectivity index (χ0v) is 11.5. The van der Waals surface area contributed by atoms with Crippen molar-refractivity contribution in [3.63, 3.8) is 0 Å². The van der Waals surface area contributed by atoms with Gasteiger partial charge in [0.2, 0.25) is 11.8 Å². The Kier molecular flexibility index (Phi) is 4.17. The number of nitrogens with one attached hydrogen (secondary N) is 1. The van der Waals surface area contributed by atoms with E-state index in [4.69, 9.17) is 0 Å². The van der Waals surface area contributed by atoms with Gasteiger partial charge in [-0.05, 0) is 33.1 Å². The third-order valence-corrected chi connectivity index (χ3v) is 3.90. The van der Waals surface area contributed by atoms with Gasteiger partial charge in [0.15, 0.2) is 0 Å². The van der Waals surface area contributed by atoms with E-state index in [1.807, 2.05) is 34.6 Å². The van der Waals surface area contributed by atoms with Gasteiger partial charge in [0.05, 0.1) is 0 Å². The molecule has 0 radical (unpaired) electrons. The van der Waals surface area contributed by atoms with Crippen LogP contribution in [0.4, 0.5) is 0 Å². The summed E-state index contributed by atoms with van der Waals surface area (Å²) in [5.74, 6) is 0.0394. The Morgan fingerprint density at radius 3 is 2.35 bits per heavy atom. The Labute approximate surface area is 104 Å². The maximum absolute atomic E-state index is 12.5. The molecule has 98 valence electrons. The SMILES string of the molecule is CCC(C)N1C(=O)C(C)(CC)NC(=O)C1CC. The smallest absolute Gasteiger partial charge is 0.248 e. The first kappa shape index (κ1) is 14.0. The molecule has 1 aliphatic heterocycles. The Bertz CT molecular complexity index is 317. The summed E-state index contributed by atoms with van der Waals surface area (Å²) in [6, 6.07) is -0.193. The first-order chi connectivity index (χ1) is 7.91. The van der Waals surface area contributed by atoms with E-state index >= 15 is 0 Å². The summed E-state index contributed by atoms with van der Waals surface area (Å²) in [5.41, 5.74) is -0.730. The monoisotopic (exact) mass is 240 g/mol. The fourth-order valence-electron chi connectivity index (χ4n) is 2.29. The Morgan fingerprint density at radius 2 is 1.94 bits per heavy atom. The number of carbonyl (C=O) groups excluding carboxylic acids is 2. The highest BCUT2D eigenvalue weighted by Crippen LogP contribution is 2.25. The maximum atomic E-state index is 12.5. The molecule has 0 aliphatic carbocycles. The minimum absolute atomic E-state index is 0.0169. The van der Waals surface area contributed by atoms with E-state index in [1.54, 1.807) is 4.90 Å². The van der Waals surface area contributed by atoms with Crippen molar-refractivity contribution in [2.24, 2.45) is 0 Å². The first-order valence-electron chi connectivity index (χ1n) is 6.56. The Hall–Kier alpha value is -1.06. The van der Waals surface area contributed by atoms with Crippen LogP contribution in [0.25, 0.3) is 0 Å². The average Bonchev–Trinajstić information content (AvgIpc) is 2.32. The van der Waals surface area contributed by atoms with Crippen LogP contribution in [0.15, 0.2) is 0 Å². The first-order valence-corrected chi connectivity index (χ1v) is 6.56. The summed E-state index contributed by atoms with van der Waals surface area (Å²) in [7, 11) is 0. The Balaban J connectivity index is 3.09. The molecule has 4 heteroatoms. The van der Waals surface area contributed by atoms with Gasteiger partial charge >= 0.3 is 0 Å². The van der Waals surface area contributed by atoms with Crippen molar-refractivity contribution >= 4 is 11.8 Å². The lowest BCUT2D eigenvalue weighted by molar-refractivity contribution is -0.157. The minimum atomic E-state index is -0.730. The normalized spacial score (nSPS) is 31.4. The quantitative estimate of drug-likeness (QED) is 0.813. The van der Waals surface area contributed by atoms with Crippen LogP contribution in [0.2, 0.25) is 0 Å². The molecule has 4 nitrogen and oxygen atoms in total. The topological polar surface area (TPSA) is 49.4 Å². The molecule has 3 unspecified atom stereocenters. The molecule has 3 atom stereocenters. The van der Waals surface area contributed by atoms with Crippen molar-refractivity contribution in [3.8, 4) is 0 Å². The largest absolute Gasteiger partial charge is 0.340 e. The van der Waals surface area contributed by atoms with Crippen LogP contribution >= 0.6 is 0 Å². The number of nitrogens with zero attached hydrogens (tertiary/aromatic N) is 1. The number of amides is 2. The van der Waals surface area contributed by atoms with Gasteiger partial charge in [-0.2, -0.15) is 0 Å². The molecule has 0 aromatic carbocycles. The Morgan fingerprint density at radius 1 is 1.35 bits per heavy atom. The highest BCUT2D eigenvalue weighted by molar-refractivity contribution is 5.99. The van der Waals surface area contributed by atoms with Gasteiger partial charge < -0.3 is 10.2 Å². The third kappa shape index (κ3) is 2.31. The molecule has 1 saturated heterocycles. The molecule has 0 aromatic rings. The van der Waals surface area contributed by atoms with Crippen molar-refractivity contribution < 1.29 is 9.59 Å². The lowest BCUT2D eigenvalue weighted by atomic mass is 9.90. The molecular formula is C13H24N2O2. The van der Waals surface area contributed by atoms with Crippen LogP contribution in [-0.4, -0.2) is 34.3 Å². The molecule has 2 amide bonds. The summed E-state index contributed by atoms with van der Waals surface area (Å²) in [5, 5.41) is 2.87. The average molecular weight is 240 g/mol. The summed E-state index contributed by atoms with van der Waals surface area (Å²) in [6.07, 6.45) is 2.16. The maximum Gasteiger partial charge on any atom is 0.248 e. The molecule has 1 heterocycles.